The number of benzene rings is 2. The molecule has 6 atom stereocenters. The predicted octanol–water partition coefficient (Wildman–Crippen LogP) is 5.08. The van der Waals surface area contributed by atoms with Crippen molar-refractivity contribution in [3.63, 3.8) is 0 Å². The number of hydrogen-bond donors (Lipinski definition) is 1. The van der Waals surface area contributed by atoms with Gasteiger partial charge in [0.1, 0.15) is 0 Å². The van der Waals surface area contributed by atoms with Crippen molar-refractivity contribution < 1.29 is 29.0 Å². The van der Waals surface area contributed by atoms with E-state index in [1.54, 1.807) is 42.5 Å². The summed E-state index contributed by atoms with van der Waals surface area (Å²) >= 11 is 21.1. The van der Waals surface area contributed by atoms with Crippen LogP contribution in [0.2, 0.25) is 0 Å². The number of hydrogen-bond acceptors (Lipinski definition) is 6. The first-order valence-electron chi connectivity index (χ1n) is 12.5. The van der Waals surface area contributed by atoms with E-state index in [1.165, 1.54) is 12.0 Å². The van der Waals surface area contributed by atoms with E-state index < -0.39 is 51.1 Å². The molecule has 6 rings (SSSR count). The number of phenols is 1. The second-order valence-corrected chi connectivity index (χ2v) is 13.0. The lowest BCUT2D eigenvalue weighted by Crippen LogP contribution is -2.60. The van der Waals surface area contributed by atoms with Gasteiger partial charge in [-0.25, -0.2) is 0 Å². The summed E-state index contributed by atoms with van der Waals surface area (Å²) in [5.74, 6) is -5.59. The van der Waals surface area contributed by atoms with E-state index in [0.717, 1.165) is 4.90 Å². The first-order chi connectivity index (χ1) is 19.0. The Morgan fingerprint density at radius 1 is 1.05 bits per heavy atom. The van der Waals surface area contributed by atoms with Gasteiger partial charge >= 0.3 is 0 Å². The molecule has 0 bridgehead atoms. The Labute approximate surface area is 256 Å². The highest BCUT2D eigenvalue weighted by atomic mass is 79.9. The molecule has 0 unspecified atom stereocenters. The smallest absolute Gasteiger partial charge is 0.254 e. The van der Waals surface area contributed by atoms with Crippen LogP contribution in [-0.2, 0) is 19.2 Å². The largest absolute Gasteiger partial charge is 0.504 e. The number of methoxy groups -OCH3 is 1. The molecule has 0 spiro atoms. The third-order valence-electron chi connectivity index (χ3n) is 8.63. The van der Waals surface area contributed by atoms with Crippen molar-refractivity contribution in [2.75, 3.05) is 17.5 Å². The van der Waals surface area contributed by atoms with Crippen molar-refractivity contribution in [3.8, 4) is 11.5 Å². The molecule has 1 saturated carbocycles. The summed E-state index contributed by atoms with van der Waals surface area (Å²) in [6, 6.07) is 11.8. The van der Waals surface area contributed by atoms with E-state index in [4.69, 9.17) is 27.9 Å². The zero-order valence-corrected chi connectivity index (χ0v) is 25.6. The van der Waals surface area contributed by atoms with Gasteiger partial charge in [0.2, 0.25) is 11.8 Å². The number of para-hydroxylation sites is 1. The standard InChI is InChI=1S/C28H22Br2Cl2N2O6/c1-40-19-10-13(30)9-17(22(19)35)21-15-7-8-16-20(24(37)34(23(16)36)14-5-3-2-4-6-14)18(15)11-27(31)25(38)33(12-29)26(39)28(21,27)32/h2-7,9-10,16,18,20-21,35H,8,11-12H2,1H3/t16-,18+,20-,21+,27+,28-/m0/s1. The molecule has 4 aliphatic rings. The molecule has 3 fully saturated rings. The molecule has 2 aliphatic heterocycles. The molecule has 2 aromatic carbocycles. The minimum Gasteiger partial charge on any atom is -0.504 e. The van der Waals surface area contributed by atoms with Gasteiger partial charge < -0.3 is 9.84 Å². The Morgan fingerprint density at radius 2 is 1.75 bits per heavy atom. The molecule has 12 heteroatoms. The number of amides is 4. The fraction of sp³-hybridized carbons (Fsp3) is 0.357. The van der Waals surface area contributed by atoms with Gasteiger partial charge in [-0.3, -0.25) is 29.0 Å². The lowest BCUT2D eigenvalue weighted by atomic mass is 9.56. The molecule has 8 nitrogen and oxygen atoms in total. The van der Waals surface area contributed by atoms with Gasteiger partial charge in [0, 0.05) is 16.0 Å². The third kappa shape index (κ3) is 3.48. The van der Waals surface area contributed by atoms with Crippen LogP contribution in [0.3, 0.4) is 0 Å². The Morgan fingerprint density at radius 3 is 2.40 bits per heavy atom. The molecule has 1 N–H and O–H groups in total. The molecular weight excluding hydrogens is 691 g/mol. The summed E-state index contributed by atoms with van der Waals surface area (Å²) in [6.45, 7) is 0. The maximum absolute atomic E-state index is 14.0. The average molecular weight is 713 g/mol. The quantitative estimate of drug-likeness (QED) is 0.205. The molecule has 2 saturated heterocycles. The number of aromatic hydroxyl groups is 1. The van der Waals surface area contributed by atoms with E-state index in [0.29, 0.717) is 15.7 Å². The summed E-state index contributed by atoms with van der Waals surface area (Å²) in [7, 11) is 1.39. The summed E-state index contributed by atoms with van der Waals surface area (Å²) in [6.07, 6.45) is 1.90. The fourth-order valence-corrected chi connectivity index (χ4v) is 8.77. The number of nitrogens with zero attached hydrogens (tertiary/aromatic N) is 2. The maximum atomic E-state index is 14.0. The van der Waals surface area contributed by atoms with Crippen molar-refractivity contribution in [2.24, 2.45) is 17.8 Å². The monoisotopic (exact) mass is 710 g/mol. The number of fused-ring (bicyclic) bond motifs is 4. The summed E-state index contributed by atoms with van der Waals surface area (Å²) < 4.78 is 5.90. The van der Waals surface area contributed by atoms with Crippen molar-refractivity contribution in [1.29, 1.82) is 0 Å². The van der Waals surface area contributed by atoms with Crippen LogP contribution in [0.1, 0.15) is 24.3 Å². The highest BCUT2D eigenvalue weighted by Crippen LogP contribution is 2.66. The SMILES string of the molecule is COc1cc(Br)cc([C@H]2C3=CC[C@@H]4C(=O)N(c5ccccc5)C(=O)[C@@H]4[C@@H]3C[C@@]3(Cl)C(=O)N(CBr)C(=O)[C@@]23Cl)c1O. The topological polar surface area (TPSA) is 104 Å². The van der Waals surface area contributed by atoms with E-state index in [-0.39, 0.29) is 41.3 Å². The van der Waals surface area contributed by atoms with Crippen LogP contribution in [0.5, 0.6) is 11.5 Å². The first kappa shape index (κ1) is 27.8. The van der Waals surface area contributed by atoms with Gasteiger partial charge in [-0.2, -0.15) is 0 Å². The van der Waals surface area contributed by atoms with Crippen molar-refractivity contribution in [2.45, 2.75) is 28.5 Å². The molecular formula is C28H22Br2Cl2N2O6. The number of alkyl halides is 3. The van der Waals surface area contributed by atoms with Gasteiger partial charge in [-0.1, -0.05) is 61.7 Å². The minimum absolute atomic E-state index is 0.123. The average Bonchev–Trinajstić information content (AvgIpc) is 3.28. The molecule has 40 heavy (non-hydrogen) atoms. The Balaban J connectivity index is 1.57. The van der Waals surface area contributed by atoms with Crippen LogP contribution in [-0.4, -0.2) is 55.9 Å². The van der Waals surface area contributed by atoms with Gasteiger partial charge in [-0.05, 0) is 43.0 Å². The van der Waals surface area contributed by atoms with Crippen LogP contribution in [0.15, 0.2) is 58.6 Å². The summed E-state index contributed by atoms with van der Waals surface area (Å²) in [5, 5.41) is 11.3. The number of ether oxygens (including phenoxy) is 1. The van der Waals surface area contributed by atoms with E-state index in [1.807, 2.05) is 6.08 Å². The van der Waals surface area contributed by atoms with Gasteiger partial charge in [0.25, 0.3) is 11.8 Å². The molecule has 4 amide bonds. The van der Waals surface area contributed by atoms with Crippen LogP contribution in [0.4, 0.5) is 5.69 Å². The Hall–Kier alpha value is -2.40. The number of anilines is 1. The molecule has 208 valence electrons. The van der Waals surface area contributed by atoms with Crippen LogP contribution in [0.25, 0.3) is 0 Å². The zero-order valence-electron chi connectivity index (χ0n) is 20.9. The second-order valence-electron chi connectivity index (χ2n) is 10.4. The molecule has 2 heterocycles. The summed E-state index contributed by atoms with van der Waals surface area (Å²) in [4.78, 5) is 53.3. The number of imide groups is 2. The molecule has 2 aliphatic carbocycles. The van der Waals surface area contributed by atoms with Crippen molar-refractivity contribution in [1.82, 2.24) is 4.90 Å². The van der Waals surface area contributed by atoms with Gasteiger partial charge in [-0.15, -0.1) is 23.2 Å². The fourth-order valence-electron chi connectivity index (χ4n) is 6.90. The second kappa shape index (κ2) is 9.58. The van der Waals surface area contributed by atoms with Crippen LogP contribution in [0, 0.1) is 17.8 Å². The lowest BCUT2D eigenvalue weighted by Gasteiger charge is -2.50. The highest BCUT2D eigenvalue weighted by molar-refractivity contribution is 9.10. The van der Waals surface area contributed by atoms with E-state index >= 15 is 0 Å². The minimum atomic E-state index is -2.03. The molecule has 2 aromatic rings. The maximum Gasteiger partial charge on any atom is 0.254 e. The Kier molecular flexibility index (Phi) is 6.64. The van der Waals surface area contributed by atoms with Crippen molar-refractivity contribution >= 4 is 84.4 Å². The number of halogens is 4. The number of carbonyl (C=O) groups is 4. The highest BCUT2D eigenvalue weighted by Gasteiger charge is 2.76. The van der Waals surface area contributed by atoms with Crippen molar-refractivity contribution in [3.05, 3.63) is 64.1 Å². The number of likely N-dealkylation sites (tertiary alicyclic amines) is 1. The number of carbonyl (C=O) groups excluding carboxylic acids is 4. The zero-order chi connectivity index (χ0) is 28.7. The Bertz CT molecular complexity index is 1520. The number of rotatable bonds is 4. The van der Waals surface area contributed by atoms with E-state index in [2.05, 4.69) is 31.9 Å². The van der Waals surface area contributed by atoms with E-state index in [9.17, 15) is 24.3 Å². The third-order valence-corrected chi connectivity index (χ3v) is 11.0. The molecule has 0 aromatic heterocycles. The van der Waals surface area contributed by atoms with Gasteiger partial charge in [0.15, 0.2) is 21.2 Å². The first-order valence-corrected chi connectivity index (χ1v) is 15.2. The number of phenolic OH excluding ortho intramolecular Hbond substituents is 1. The summed E-state index contributed by atoms with van der Waals surface area (Å²) in [5.41, 5.74) is 1.12. The molecule has 0 radical (unpaired) electrons. The normalized spacial score (nSPS) is 33.1. The van der Waals surface area contributed by atoms with Gasteiger partial charge in [0.05, 0.1) is 30.1 Å². The predicted molar refractivity (Wildman–Crippen MR) is 155 cm³/mol. The number of allylic oxidation sites excluding steroid dienone is 2. The van der Waals surface area contributed by atoms with Crippen LogP contribution >= 0.6 is 55.1 Å². The lowest BCUT2D eigenvalue weighted by molar-refractivity contribution is -0.138. The van der Waals surface area contributed by atoms with Crippen LogP contribution < -0.4 is 9.64 Å².